The lowest BCUT2D eigenvalue weighted by atomic mass is 10.2. The summed E-state index contributed by atoms with van der Waals surface area (Å²) in [7, 11) is 7.47. The maximum absolute atomic E-state index is 12.3. The van der Waals surface area contributed by atoms with E-state index in [1.54, 1.807) is 19.2 Å². The van der Waals surface area contributed by atoms with Crippen molar-refractivity contribution >= 4 is 29.0 Å². The quantitative estimate of drug-likeness (QED) is 0.617. The molecule has 0 bridgehead atoms. The van der Waals surface area contributed by atoms with Crippen molar-refractivity contribution in [3.63, 3.8) is 0 Å². The van der Waals surface area contributed by atoms with Crippen LogP contribution in [0, 0.1) is 0 Å². The number of benzene rings is 2. The first-order chi connectivity index (χ1) is 13.5. The van der Waals surface area contributed by atoms with Crippen molar-refractivity contribution in [3.8, 4) is 17.1 Å². The minimum atomic E-state index is -0.131. The summed E-state index contributed by atoms with van der Waals surface area (Å²) in [5.74, 6) is 1.48. The summed E-state index contributed by atoms with van der Waals surface area (Å²) in [4.78, 5) is 14.4. The fourth-order valence-electron chi connectivity index (χ4n) is 2.68. The van der Waals surface area contributed by atoms with E-state index >= 15 is 0 Å². The Morgan fingerprint density at radius 2 is 1.96 bits per heavy atom. The van der Waals surface area contributed by atoms with Crippen LogP contribution < -0.4 is 15.0 Å². The molecule has 0 unspecified atom stereocenters. The molecule has 146 valence electrons. The van der Waals surface area contributed by atoms with E-state index in [2.05, 4.69) is 21.6 Å². The van der Waals surface area contributed by atoms with E-state index in [0.29, 0.717) is 16.6 Å². The van der Waals surface area contributed by atoms with Crippen LogP contribution in [-0.4, -0.2) is 47.6 Å². The van der Waals surface area contributed by atoms with Crippen molar-refractivity contribution in [2.24, 2.45) is 7.05 Å². The molecule has 0 atom stereocenters. The first-order valence-corrected chi connectivity index (χ1v) is 9.71. The predicted molar refractivity (Wildman–Crippen MR) is 113 cm³/mol. The Labute approximate surface area is 168 Å². The van der Waals surface area contributed by atoms with Crippen molar-refractivity contribution in [1.82, 2.24) is 14.8 Å². The minimum absolute atomic E-state index is 0.131. The third kappa shape index (κ3) is 4.45. The Morgan fingerprint density at radius 3 is 2.71 bits per heavy atom. The molecule has 0 saturated carbocycles. The summed E-state index contributed by atoms with van der Waals surface area (Å²) in [6.45, 7) is 0. The van der Waals surface area contributed by atoms with Gasteiger partial charge in [0.25, 0.3) is 0 Å². The molecule has 1 aromatic heterocycles. The first kappa shape index (κ1) is 19.8. The van der Waals surface area contributed by atoms with Gasteiger partial charge in [-0.25, -0.2) is 0 Å². The van der Waals surface area contributed by atoms with E-state index in [1.807, 2.05) is 60.9 Å². The molecule has 1 heterocycles. The lowest BCUT2D eigenvalue weighted by molar-refractivity contribution is -0.113. The summed E-state index contributed by atoms with van der Waals surface area (Å²) in [5.41, 5.74) is 2.71. The molecule has 28 heavy (non-hydrogen) atoms. The number of amides is 1. The van der Waals surface area contributed by atoms with E-state index in [1.165, 1.54) is 11.8 Å². The van der Waals surface area contributed by atoms with E-state index in [0.717, 1.165) is 17.1 Å². The zero-order chi connectivity index (χ0) is 20.1. The van der Waals surface area contributed by atoms with Gasteiger partial charge in [0, 0.05) is 32.4 Å². The van der Waals surface area contributed by atoms with Crippen LogP contribution in [0.4, 0.5) is 11.4 Å². The second kappa shape index (κ2) is 8.79. The first-order valence-electron chi connectivity index (χ1n) is 8.72. The number of carbonyl (C=O) groups is 1. The van der Waals surface area contributed by atoms with Gasteiger partial charge < -0.3 is 19.5 Å². The highest BCUT2D eigenvalue weighted by Gasteiger charge is 2.14. The maximum Gasteiger partial charge on any atom is 0.234 e. The third-order valence-corrected chi connectivity index (χ3v) is 5.19. The van der Waals surface area contributed by atoms with Gasteiger partial charge in [-0.2, -0.15) is 0 Å². The van der Waals surface area contributed by atoms with E-state index in [-0.39, 0.29) is 11.7 Å². The number of rotatable bonds is 7. The Hall–Kier alpha value is -3.00. The molecular formula is C20H23N5O2S. The average Bonchev–Trinajstić information content (AvgIpc) is 3.07. The standard InChI is InChI=1S/C20H23N5O2S/c1-24(2)15-9-7-8-14(12-15)19-22-23-20(25(19)3)28-13-18(26)21-16-10-5-6-11-17(16)27-4/h5-12H,13H2,1-4H3,(H,21,26). The number of carbonyl (C=O) groups excluding carboxylic acids is 1. The van der Waals surface area contributed by atoms with Gasteiger partial charge in [0.15, 0.2) is 11.0 Å². The van der Waals surface area contributed by atoms with Crippen LogP contribution in [0.1, 0.15) is 0 Å². The van der Waals surface area contributed by atoms with Crippen molar-refractivity contribution in [1.29, 1.82) is 0 Å². The summed E-state index contributed by atoms with van der Waals surface area (Å²) >= 11 is 1.34. The lowest BCUT2D eigenvalue weighted by Crippen LogP contribution is -2.15. The number of methoxy groups -OCH3 is 1. The Morgan fingerprint density at radius 1 is 1.18 bits per heavy atom. The molecule has 2 aromatic carbocycles. The maximum atomic E-state index is 12.3. The molecule has 0 aliphatic carbocycles. The van der Waals surface area contributed by atoms with Crippen molar-refractivity contribution in [3.05, 3.63) is 48.5 Å². The highest BCUT2D eigenvalue weighted by molar-refractivity contribution is 7.99. The van der Waals surface area contributed by atoms with Gasteiger partial charge >= 0.3 is 0 Å². The molecule has 7 nitrogen and oxygen atoms in total. The number of nitrogens with one attached hydrogen (secondary N) is 1. The van der Waals surface area contributed by atoms with Gasteiger partial charge in [0.05, 0.1) is 18.6 Å². The average molecular weight is 398 g/mol. The van der Waals surface area contributed by atoms with Crippen LogP contribution in [0.3, 0.4) is 0 Å². The smallest absolute Gasteiger partial charge is 0.234 e. The fraction of sp³-hybridized carbons (Fsp3) is 0.250. The van der Waals surface area contributed by atoms with Crippen molar-refractivity contribution in [2.75, 3.05) is 37.2 Å². The zero-order valence-corrected chi connectivity index (χ0v) is 17.2. The van der Waals surface area contributed by atoms with E-state index in [4.69, 9.17) is 4.74 Å². The Kier molecular flexibility index (Phi) is 6.20. The van der Waals surface area contributed by atoms with Gasteiger partial charge in [-0.3, -0.25) is 4.79 Å². The van der Waals surface area contributed by atoms with Crippen molar-refractivity contribution < 1.29 is 9.53 Å². The van der Waals surface area contributed by atoms with Crippen molar-refractivity contribution in [2.45, 2.75) is 5.16 Å². The van der Waals surface area contributed by atoms with Crippen LogP contribution in [0.25, 0.3) is 11.4 Å². The number of anilines is 2. The Balaban J connectivity index is 1.68. The van der Waals surface area contributed by atoms with E-state index in [9.17, 15) is 4.79 Å². The SMILES string of the molecule is COc1ccccc1NC(=O)CSc1nnc(-c2cccc(N(C)C)c2)n1C. The Bertz CT molecular complexity index is 971. The van der Waals surface area contributed by atoms with E-state index < -0.39 is 0 Å². The van der Waals surface area contributed by atoms with Gasteiger partial charge in [0.2, 0.25) is 5.91 Å². The molecule has 3 rings (SSSR count). The largest absolute Gasteiger partial charge is 0.495 e. The number of hydrogen-bond donors (Lipinski definition) is 1. The highest BCUT2D eigenvalue weighted by atomic mass is 32.2. The zero-order valence-electron chi connectivity index (χ0n) is 16.3. The summed E-state index contributed by atoms with van der Waals surface area (Å²) in [6.07, 6.45) is 0. The molecule has 0 spiro atoms. The normalized spacial score (nSPS) is 10.6. The van der Waals surface area contributed by atoms with Gasteiger partial charge in [-0.15, -0.1) is 10.2 Å². The number of para-hydroxylation sites is 2. The van der Waals surface area contributed by atoms with Gasteiger partial charge in [-0.05, 0) is 24.3 Å². The van der Waals surface area contributed by atoms with Crippen LogP contribution in [-0.2, 0) is 11.8 Å². The topological polar surface area (TPSA) is 72.3 Å². The molecule has 8 heteroatoms. The molecule has 0 aliphatic rings. The third-order valence-electron chi connectivity index (χ3n) is 4.17. The second-order valence-corrected chi connectivity index (χ2v) is 7.29. The van der Waals surface area contributed by atoms with Crippen LogP contribution in [0.15, 0.2) is 53.7 Å². The fourth-order valence-corrected chi connectivity index (χ4v) is 3.39. The highest BCUT2D eigenvalue weighted by Crippen LogP contribution is 2.26. The van der Waals surface area contributed by atoms with Gasteiger partial charge in [0.1, 0.15) is 5.75 Å². The summed E-state index contributed by atoms with van der Waals surface area (Å²) in [5, 5.41) is 12.1. The molecule has 1 N–H and O–H groups in total. The molecule has 0 aliphatic heterocycles. The van der Waals surface area contributed by atoms with Crippen LogP contribution in [0.5, 0.6) is 5.75 Å². The van der Waals surface area contributed by atoms with Gasteiger partial charge in [-0.1, -0.05) is 36.0 Å². The molecule has 3 aromatic rings. The monoisotopic (exact) mass is 397 g/mol. The number of aromatic nitrogens is 3. The number of ether oxygens (including phenoxy) is 1. The predicted octanol–water partition coefficient (Wildman–Crippen LogP) is 3.29. The molecule has 0 radical (unpaired) electrons. The second-order valence-electron chi connectivity index (χ2n) is 6.35. The molecular weight excluding hydrogens is 374 g/mol. The summed E-state index contributed by atoms with van der Waals surface area (Å²) in [6, 6.07) is 15.4. The number of thioether (sulfide) groups is 1. The number of nitrogens with zero attached hydrogens (tertiary/aromatic N) is 4. The minimum Gasteiger partial charge on any atom is -0.495 e. The molecule has 0 saturated heterocycles. The van der Waals surface area contributed by atoms with Crippen LogP contribution in [0.2, 0.25) is 0 Å². The molecule has 1 amide bonds. The van der Waals surface area contributed by atoms with Crippen LogP contribution >= 0.6 is 11.8 Å². The lowest BCUT2D eigenvalue weighted by Gasteiger charge is -2.13. The molecule has 0 fully saturated rings. The summed E-state index contributed by atoms with van der Waals surface area (Å²) < 4.78 is 7.15. The number of hydrogen-bond acceptors (Lipinski definition) is 6.